The van der Waals surface area contributed by atoms with Crippen LogP contribution in [0.2, 0.25) is 0 Å². The fourth-order valence-corrected chi connectivity index (χ4v) is 2.93. The Morgan fingerprint density at radius 2 is 2.05 bits per heavy atom. The molecule has 2 rings (SSSR count). The van der Waals surface area contributed by atoms with E-state index < -0.39 is 0 Å². The molecule has 0 atom stereocenters. The van der Waals surface area contributed by atoms with Gasteiger partial charge in [0.05, 0.1) is 6.61 Å². The van der Waals surface area contributed by atoms with Crippen molar-refractivity contribution in [3.8, 4) is 0 Å². The monoisotopic (exact) mass is 279 g/mol. The van der Waals surface area contributed by atoms with E-state index in [1.165, 1.54) is 6.42 Å². The molecule has 0 saturated heterocycles. The lowest BCUT2D eigenvalue weighted by atomic mass is 9.74. The summed E-state index contributed by atoms with van der Waals surface area (Å²) in [6.07, 6.45) is 5.51. The maximum atomic E-state index is 12.1. The summed E-state index contributed by atoms with van der Waals surface area (Å²) in [5, 5.41) is 12.6. The van der Waals surface area contributed by atoms with E-state index >= 15 is 0 Å². The zero-order valence-electron chi connectivity index (χ0n) is 11.1. The second-order valence-electron chi connectivity index (χ2n) is 5.45. The van der Waals surface area contributed by atoms with Crippen molar-refractivity contribution < 1.29 is 9.90 Å². The second kappa shape index (κ2) is 6.44. The van der Waals surface area contributed by atoms with Crippen molar-refractivity contribution in [3.63, 3.8) is 0 Å². The molecule has 0 aliphatic heterocycles. The third-order valence-corrected chi connectivity index (χ3v) is 4.26. The molecule has 0 spiro atoms. The molecule has 1 aromatic carbocycles. The lowest BCUT2D eigenvalue weighted by Crippen LogP contribution is -2.41. The van der Waals surface area contributed by atoms with Gasteiger partial charge in [0, 0.05) is 22.4 Å². The normalized spacial score (nSPS) is 18.0. The molecule has 0 unspecified atom stereocenters. The Hall–Kier alpha value is -1.00. The third-order valence-electron chi connectivity index (χ3n) is 3.98. The molecule has 4 heteroatoms. The smallest absolute Gasteiger partial charge is 0.251 e. The van der Waals surface area contributed by atoms with Crippen LogP contribution in [0, 0.1) is 5.41 Å². The SMILES string of the molecule is O=C(NCC1(CO)CCCCC1)c1cccc(S)c1. The minimum absolute atomic E-state index is 0.0886. The van der Waals surface area contributed by atoms with Gasteiger partial charge in [0.1, 0.15) is 0 Å². The van der Waals surface area contributed by atoms with Gasteiger partial charge < -0.3 is 10.4 Å². The van der Waals surface area contributed by atoms with Crippen molar-refractivity contribution in [2.24, 2.45) is 5.41 Å². The second-order valence-corrected chi connectivity index (χ2v) is 5.97. The van der Waals surface area contributed by atoms with E-state index in [2.05, 4.69) is 17.9 Å². The number of benzene rings is 1. The first-order chi connectivity index (χ1) is 9.15. The molecule has 1 fully saturated rings. The van der Waals surface area contributed by atoms with Crippen molar-refractivity contribution in [2.75, 3.05) is 13.2 Å². The van der Waals surface area contributed by atoms with Crippen LogP contribution in [-0.4, -0.2) is 24.2 Å². The molecule has 1 aliphatic rings. The lowest BCUT2D eigenvalue weighted by Gasteiger charge is -2.35. The zero-order chi connectivity index (χ0) is 13.7. The van der Waals surface area contributed by atoms with Crippen LogP contribution in [0.5, 0.6) is 0 Å². The summed E-state index contributed by atoms with van der Waals surface area (Å²) in [6.45, 7) is 0.707. The highest BCUT2D eigenvalue weighted by Crippen LogP contribution is 2.35. The molecule has 1 aliphatic carbocycles. The Morgan fingerprint density at radius 3 is 2.68 bits per heavy atom. The highest BCUT2D eigenvalue weighted by molar-refractivity contribution is 7.80. The molecule has 104 valence electrons. The van der Waals surface area contributed by atoms with Crippen molar-refractivity contribution in [3.05, 3.63) is 29.8 Å². The van der Waals surface area contributed by atoms with Crippen LogP contribution in [0.15, 0.2) is 29.2 Å². The summed E-state index contributed by atoms with van der Waals surface area (Å²) >= 11 is 4.23. The van der Waals surface area contributed by atoms with Gasteiger partial charge in [-0.3, -0.25) is 4.79 Å². The number of hydrogen-bond donors (Lipinski definition) is 3. The Kier molecular flexibility index (Phi) is 4.88. The summed E-state index contributed by atoms with van der Waals surface area (Å²) in [5.74, 6) is -0.0886. The highest BCUT2D eigenvalue weighted by atomic mass is 32.1. The summed E-state index contributed by atoms with van der Waals surface area (Å²) in [7, 11) is 0. The highest BCUT2D eigenvalue weighted by Gasteiger charge is 2.31. The van der Waals surface area contributed by atoms with Gasteiger partial charge >= 0.3 is 0 Å². The first-order valence-corrected chi connectivity index (χ1v) is 7.28. The van der Waals surface area contributed by atoms with Crippen LogP contribution in [0.4, 0.5) is 0 Å². The molecule has 1 aromatic rings. The van der Waals surface area contributed by atoms with E-state index in [0.29, 0.717) is 12.1 Å². The Morgan fingerprint density at radius 1 is 1.32 bits per heavy atom. The molecule has 0 aromatic heterocycles. The fraction of sp³-hybridized carbons (Fsp3) is 0.533. The molecule has 2 N–H and O–H groups in total. The molecule has 0 radical (unpaired) electrons. The van der Waals surface area contributed by atoms with Crippen LogP contribution >= 0.6 is 12.6 Å². The van der Waals surface area contributed by atoms with Gasteiger partial charge in [0.2, 0.25) is 0 Å². The topological polar surface area (TPSA) is 49.3 Å². The van der Waals surface area contributed by atoms with E-state index in [1.54, 1.807) is 12.1 Å². The molecule has 1 saturated carbocycles. The molecule has 3 nitrogen and oxygen atoms in total. The first-order valence-electron chi connectivity index (χ1n) is 6.83. The maximum Gasteiger partial charge on any atom is 0.251 e. The largest absolute Gasteiger partial charge is 0.396 e. The molecule has 0 heterocycles. The van der Waals surface area contributed by atoms with E-state index in [0.717, 1.165) is 30.6 Å². The predicted molar refractivity (Wildman–Crippen MR) is 78.6 cm³/mol. The number of carbonyl (C=O) groups excluding carboxylic acids is 1. The van der Waals surface area contributed by atoms with E-state index in [-0.39, 0.29) is 17.9 Å². The molecular weight excluding hydrogens is 258 g/mol. The van der Waals surface area contributed by atoms with Crippen LogP contribution in [-0.2, 0) is 0 Å². The van der Waals surface area contributed by atoms with Gasteiger partial charge in [0.25, 0.3) is 5.91 Å². The number of aliphatic hydroxyl groups is 1. The van der Waals surface area contributed by atoms with Crippen LogP contribution < -0.4 is 5.32 Å². The number of hydrogen-bond acceptors (Lipinski definition) is 3. The van der Waals surface area contributed by atoms with Gasteiger partial charge in [-0.25, -0.2) is 0 Å². The Labute approximate surface area is 119 Å². The third kappa shape index (κ3) is 3.74. The number of thiol groups is 1. The minimum atomic E-state index is -0.119. The van der Waals surface area contributed by atoms with Crippen molar-refractivity contribution >= 4 is 18.5 Å². The summed E-state index contributed by atoms with van der Waals surface area (Å²) in [5.41, 5.74) is 0.503. The van der Waals surface area contributed by atoms with Crippen LogP contribution in [0.1, 0.15) is 42.5 Å². The molecular formula is C15H21NO2S. The van der Waals surface area contributed by atoms with Gasteiger partial charge in [-0.2, -0.15) is 0 Å². The number of amides is 1. The minimum Gasteiger partial charge on any atom is -0.396 e. The van der Waals surface area contributed by atoms with Crippen molar-refractivity contribution in [1.29, 1.82) is 0 Å². The lowest BCUT2D eigenvalue weighted by molar-refractivity contribution is 0.0718. The molecule has 19 heavy (non-hydrogen) atoms. The standard InChI is InChI=1S/C15H21NO2S/c17-11-15(7-2-1-3-8-15)10-16-14(18)12-5-4-6-13(19)9-12/h4-6,9,17,19H,1-3,7-8,10-11H2,(H,16,18). The Balaban J connectivity index is 1.95. The van der Waals surface area contributed by atoms with Gasteiger partial charge in [-0.1, -0.05) is 25.3 Å². The van der Waals surface area contributed by atoms with E-state index in [9.17, 15) is 9.90 Å². The summed E-state index contributed by atoms with van der Waals surface area (Å²) < 4.78 is 0. The maximum absolute atomic E-state index is 12.1. The quantitative estimate of drug-likeness (QED) is 0.742. The van der Waals surface area contributed by atoms with Crippen LogP contribution in [0.25, 0.3) is 0 Å². The predicted octanol–water partition coefficient (Wildman–Crippen LogP) is 2.65. The van der Waals surface area contributed by atoms with Crippen molar-refractivity contribution in [1.82, 2.24) is 5.32 Å². The number of aliphatic hydroxyl groups excluding tert-OH is 1. The van der Waals surface area contributed by atoms with E-state index in [1.807, 2.05) is 12.1 Å². The summed E-state index contributed by atoms with van der Waals surface area (Å²) in [6, 6.07) is 7.20. The van der Waals surface area contributed by atoms with Gasteiger partial charge in [-0.15, -0.1) is 12.6 Å². The van der Waals surface area contributed by atoms with Gasteiger partial charge in [0.15, 0.2) is 0 Å². The average molecular weight is 279 g/mol. The Bertz CT molecular complexity index is 442. The number of rotatable bonds is 4. The van der Waals surface area contributed by atoms with Crippen LogP contribution in [0.3, 0.4) is 0 Å². The summed E-state index contributed by atoms with van der Waals surface area (Å²) in [4.78, 5) is 12.9. The zero-order valence-corrected chi connectivity index (χ0v) is 12.0. The molecule has 1 amide bonds. The van der Waals surface area contributed by atoms with Crippen molar-refractivity contribution in [2.45, 2.75) is 37.0 Å². The molecule has 0 bridgehead atoms. The first kappa shape index (κ1) is 14.4. The van der Waals surface area contributed by atoms with Gasteiger partial charge in [-0.05, 0) is 31.0 Å². The number of carbonyl (C=O) groups is 1. The average Bonchev–Trinajstić information content (AvgIpc) is 2.46. The van der Waals surface area contributed by atoms with E-state index in [4.69, 9.17) is 0 Å². The number of nitrogens with one attached hydrogen (secondary N) is 1. The fourth-order valence-electron chi connectivity index (χ4n) is 2.71.